The van der Waals surface area contributed by atoms with Gasteiger partial charge in [-0.15, -0.1) is 9.78 Å². The lowest BCUT2D eigenvalue weighted by Gasteiger charge is -2.34. The molecule has 0 N–H and O–H groups in total. The molecule has 1 atom stereocenters. The fourth-order valence-electron chi connectivity index (χ4n) is 4.27. The second kappa shape index (κ2) is 8.45. The Morgan fingerprint density at radius 2 is 1.87 bits per heavy atom. The zero-order chi connectivity index (χ0) is 22.1. The van der Waals surface area contributed by atoms with E-state index in [9.17, 15) is 9.59 Å². The molecule has 0 saturated carbocycles. The number of imide groups is 1. The molecule has 0 radical (unpaired) electrons. The first-order valence-corrected chi connectivity index (χ1v) is 10.8. The van der Waals surface area contributed by atoms with Gasteiger partial charge in [0, 0.05) is 13.6 Å². The molecular formula is C23H29N6O2+. The summed E-state index contributed by atoms with van der Waals surface area (Å²) in [6.07, 6.45) is 2.38. The van der Waals surface area contributed by atoms with Crippen LogP contribution in [0.1, 0.15) is 36.7 Å². The Morgan fingerprint density at radius 3 is 2.52 bits per heavy atom. The Bertz CT molecular complexity index is 1070. The summed E-state index contributed by atoms with van der Waals surface area (Å²) in [4.78, 5) is 34.1. The van der Waals surface area contributed by atoms with E-state index in [1.807, 2.05) is 42.7 Å². The van der Waals surface area contributed by atoms with Gasteiger partial charge in [0.05, 0.1) is 12.2 Å². The van der Waals surface area contributed by atoms with Gasteiger partial charge in [-0.05, 0) is 44.7 Å². The third-order valence-corrected chi connectivity index (χ3v) is 5.74. The fourth-order valence-corrected chi connectivity index (χ4v) is 4.27. The second-order valence-electron chi connectivity index (χ2n) is 8.13. The van der Waals surface area contributed by atoms with E-state index in [-0.39, 0.29) is 11.9 Å². The number of benzene rings is 1. The maximum Gasteiger partial charge on any atom is 0.421 e. The number of amidine groups is 1. The summed E-state index contributed by atoms with van der Waals surface area (Å²) in [6, 6.07) is 11.2. The van der Waals surface area contributed by atoms with Crippen LogP contribution in [0, 0.1) is 13.8 Å². The van der Waals surface area contributed by atoms with Gasteiger partial charge in [-0.1, -0.05) is 42.2 Å². The first-order valence-electron chi connectivity index (χ1n) is 10.8. The molecule has 0 bridgehead atoms. The quantitative estimate of drug-likeness (QED) is 0.673. The zero-order valence-electron chi connectivity index (χ0n) is 18.6. The number of nitrogens with zero attached hydrogens (tertiary/aromatic N) is 6. The number of hydrogen-bond acceptors (Lipinski definition) is 4. The number of rotatable bonds is 6. The van der Waals surface area contributed by atoms with E-state index < -0.39 is 6.04 Å². The Balaban J connectivity index is 1.62. The minimum Gasteiger partial charge on any atom is -0.270 e. The van der Waals surface area contributed by atoms with Crippen LogP contribution in [0.25, 0.3) is 0 Å². The summed E-state index contributed by atoms with van der Waals surface area (Å²) in [5, 5.41) is 4.56. The van der Waals surface area contributed by atoms with Gasteiger partial charge < -0.3 is 0 Å². The monoisotopic (exact) mass is 421 g/mol. The molecule has 2 aliphatic heterocycles. The minimum atomic E-state index is -0.599. The van der Waals surface area contributed by atoms with Crippen LogP contribution in [0.5, 0.6) is 0 Å². The average Bonchev–Trinajstić information content (AvgIpc) is 3.29. The molecule has 8 heteroatoms. The van der Waals surface area contributed by atoms with Crippen molar-refractivity contribution in [2.24, 2.45) is 4.99 Å². The molecule has 1 fully saturated rings. The lowest BCUT2D eigenvalue weighted by Crippen LogP contribution is -2.63. The first-order chi connectivity index (χ1) is 14.9. The van der Waals surface area contributed by atoms with Gasteiger partial charge in [0.15, 0.2) is 0 Å². The van der Waals surface area contributed by atoms with Crippen molar-refractivity contribution >= 4 is 23.7 Å². The van der Waals surface area contributed by atoms with Crippen molar-refractivity contribution < 1.29 is 14.2 Å². The molecular weight excluding hydrogens is 392 g/mol. The summed E-state index contributed by atoms with van der Waals surface area (Å²) < 4.78 is 3.74. The van der Waals surface area contributed by atoms with Crippen LogP contribution in [0.4, 0.5) is 4.79 Å². The van der Waals surface area contributed by atoms with Crippen molar-refractivity contribution in [3.63, 3.8) is 0 Å². The second-order valence-corrected chi connectivity index (χ2v) is 8.13. The normalized spacial score (nSPS) is 18.7. The highest BCUT2D eigenvalue weighted by Gasteiger charge is 2.52. The van der Waals surface area contributed by atoms with Gasteiger partial charge in [-0.25, -0.2) is 9.37 Å². The predicted octanol–water partition coefficient (Wildman–Crippen LogP) is 2.43. The Hall–Kier alpha value is -3.29. The molecule has 2 aromatic rings. The largest absolute Gasteiger partial charge is 0.421 e. The number of carbonyl (C=O) groups excluding carboxylic acids is 2. The van der Waals surface area contributed by atoms with E-state index in [1.165, 1.54) is 15.4 Å². The Kier molecular flexibility index (Phi) is 5.71. The number of fused-ring (bicyclic) bond motifs is 1. The number of urea groups is 1. The van der Waals surface area contributed by atoms with E-state index in [2.05, 4.69) is 24.2 Å². The van der Waals surface area contributed by atoms with Gasteiger partial charge in [-0.2, -0.15) is 0 Å². The summed E-state index contributed by atoms with van der Waals surface area (Å²) in [7, 11) is 1.69. The third kappa shape index (κ3) is 3.78. The molecule has 3 heterocycles. The SMILES string of the molecule is CCC[N+]1=C(n2nc(C)cc2C)N=C2C1C(=O)N(CCCc1ccccc1)C(=O)N2C. The molecule has 0 spiro atoms. The molecule has 31 heavy (non-hydrogen) atoms. The van der Waals surface area contributed by atoms with Crippen LogP contribution in [0.15, 0.2) is 41.4 Å². The number of likely N-dealkylation sites (N-methyl/N-ethyl adjacent to an activating group) is 1. The van der Waals surface area contributed by atoms with E-state index in [0.29, 0.717) is 24.9 Å². The highest BCUT2D eigenvalue weighted by molar-refractivity contribution is 6.23. The van der Waals surface area contributed by atoms with E-state index >= 15 is 0 Å². The van der Waals surface area contributed by atoms with Crippen molar-refractivity contribution in [1.29, 1.82) is 0 Å². The summed E-state index contributed by atoms with van der Waals surface area (Å²) in [6.45, 7) is 6.99. The molecule has 3 amide bonds. The molecule has 8 nitrogen and oxygen atoms in total. The molecule has 1 aromatic carbocycles. The molecule has 1 unspecified atom stereocenters. The van der Waals surface area contributed by atoms with Crippen LogP contribution in [-0.2, 0) is 11.2 Å². The smallest absolute Gasteiger partial charge is 0.270 e. The first kappa shape index (κ1) is 21.0. The van der Waals surface area contributed by atoms with Crippen molar-refractivity contribution in [2.75, 3.05) is 20.1 Å². The van der Waals surface area contributed by atoms with Gasteiger partial charge in [0.1, 0.15) is 5.69 Å². The van der Waals surface area contributed by atoms with Gasteiger partial charge in [0.25, 0.3) is 5.91 Å². The molecule has 2 aliphatic rings. The van der Waals surface area contributed by atoms with Crippen molar-refractivity contribution in [3.8, 4) is 0 Å². The molecule has 0 aliphatic carbocycles. The van der Waals surface area contributed by atoms with Crippen LogP contribution < -0.4 is 0 Å². The number of amides is 3. The van der Waals surface area contributed by atoms with Crippen LogP contribution >= 0.6 is 0 Å². The standard InChI is InChI=1S/C23H29N6O2/c1-5-13-27-19-20(24-22(27)29-17(3)15-16(2)25-29)26(4)23(31)28(21(19)30)14-9-12-18-10-7-6-8-11-18/h6-8,10-11,15,19H,5,9,12-14H2,1-4H3/q+1. The van der Waals surface area contributed by atoms with E-state index in [0.717, 1.165) is 30.7 Å². The van der Waals surface area contributed by atoms with Gasteiger partial charge in [0.2, 0.25) is 11.9 Å². The summed E-state index contributed by atoms with van der Waals surface area (Å²) >= 11 is 0. The lowest BCUT2D eigenvalue weighted by molar-refractivity contribution is -0.537. The molecule has 1 saturated heterocycles. The van der Waals surface area contributed by atoms with Crippen molar-refractivity contribution in [2.45, 2.75) is 46.1 Å². The number of carbonyl (C=O) groups is 2. The highest BCUT2D eigenvalue weighted by atomic mass is 16.2. The Labute approximate surface area is 182 Å². The topological polar surface area (TPSA) is 73.8 Å². The average molecular weight is 422 g/mol. The molecule has 162 valence electrons. The number of aryl methyl sites for hydroxylation is 3. The fraction of sp³-hybridized carbons (Fsp3) is 0.435. The molecule has 4 rings (SSSR count). The van der Waals surface area contributed by atoms with Gasteiger partial charge >= 0.3 is 12.0 Å². The van der Waals surface area contributed by atoms with E-state index in [4.69, 9.17) is 4.99 Å². The Morgan fingerprint density at radius 1 is 1.13 bits per heavy atom. The third-order valence-electron chi connectivity index (χ3n) is 5.74. The zero-order valence-corrected chi connectivity index (χ0v) is 18.6. The van der Waals surface area contributed by atoms with Crippen LogP contribution in [0.2, 0.25) is 0 Å². The van der Waals surface area contributed by atoms with Crippen LogP contribution in [0.3, 0.4) is 0 Å². The minimum absolute atomic E-state index is 0.208. The highest BCUT2D eigenvalue weighted by Crippen LogP contribution is 2.22. The number of aliphatic imine (C=N–C) groups is 1. The van der Waals surface area contributed by atoms with E-state index in [1.54, 1.807) is 11.7 Å². The maximum absolute atomic E-state index is 13.5. The van der Waals surface area contributed by atoms with Crippen molar-refractivity contribution in [3.05, 3.63) is 53.3 Å². The van der Waals surface area contributed by atoms with Crippen LogP contribution in [-0.4, -0.2) is 74.1 Å². The maximum atomic E-state index is 13.5. The van der Waals surface area contributed by atoms with Crippen molar-refractivity contribution in [1.82, 2.24) is 19.6 Å². The lowest BCUT2D eigenvalue weighted by atomic mass is 10.1. The summed E-state index contributed by atoms with van der Waals surface area (Å²) in [5.74, 6) is 0.872. The predicted molar refractivity (Wildman–Crippen MR) is 118 cm³/mol. The number of hydrogen-bond donors (Lipinski definition) is 0. The van der Waals surface area contributed by atoms with Gasteiger partial charge in [-0.3, -0.25) is 14.6 Å². The molecule has 1 aromatic heterocycles. The summed E-state index contributed by atoms with van der Waals surface area (Å²) in [5.41, 5.74) is 3.02. The number of aromatic nitrogens is 2.